The smallest absolute Gasteiger partial charge is 0.324 e. The van der Waals surface area contributed by atoms with Crippen molar-refractivity contribution in [3.05, 3.63) is 29.8 Å². The van der Waals surface area contributed by atoms with E-state index >= 15 is 0 Å². The first kappa shape index (κ1) is 11.9. The van der Waals surface area contributed by atoms with Gasteiger partial charge in [-0.2, -0.15) is 5.26 Å². The van der Waals surface area contributed by atoms with E-state index < -0.39 is 11.9 Å². The van der Waals surface area contributed by atoms with Crippen LogP contribution in [0, 0.1) is 11.3 Å². The summed E-state index contributed by atoms with van der Waals surface area (Å²) in [5.74, 6) is -0.0781. The first-order valence-electron chi connectivity index (χ1n) is 5.42. The maximum atomic E-state index is 11.7. The van der Waals surface area contributed by atoms with Crippen LogP contribution in [0.3, 0.4) is 0 Å². The van der Waals surface area contributed by atoms with Crippen LogP contribution in [0.5, 0.6) is 5.75 Å². The number of rotatable bonds is 3. The molecule has 92 valence electrons. The van der Waals surface area contributed by atoms with E-state index in [9.17, 15) is 9.59 Å². The largest absolute Gasteiger partial charge is 0.482 e. The average Bonchev–Trinajstić information content (AvgIpc) is 2.82. The molecular weight excluding hydrogens is 234 g/mol. The number of carbonyl (C=O) groups excluding carboxylic acids is 2. The van der Waals surface area contributed by atoms with Gasteiger partial charge in [-0.05, 0) is 12.1 Å². The molecule has 1 aliphatic heterocycles. The van der Waals surface area contributed by atoms with Gasteiger partial charge in [0.1, 0.15) is 11.8 Å². The number of amides is 3. The number of hydrogen-bond donors (Lipinski definition) is 1. The van der Waals surface area contributed by atoms with Gasteiger partial charge in [0, 0.05) is 13.1 Å². The molecule has 1 saturated heterocycles. The summed E-state index contributed by atoms with van der Waals surface area (Å²) in [5, 5.41) is 11.4. The van der Waals surface area contributed by atoms with Crippen molar-refractivity contribution in [2.75, 3.05) is 19.7 Å². The Morgan fingerprint density at radius 3 is 2.94 bits per heavy atom. The van der Waals surface area contributed by atoms with E-state index in [2.05, 4.69) is 5.32 Å². The Morgan fingerprint density at radius 1 is 1.50 bits per heavy atom. The molecule has 1 N–H and O–H groups in total. The SMILES string of the molecule is N#Cc1ccccc1OCC(=O)N1CCNC1=O. The molecule has 2 rings (SSSR count). The molecule has 0 spiro atoms. The fourth-order valence-electron chi connectivity index (χ4n) is 1.61. The normalized spacial score (nSPS) is 13.9. The number of urea groups is 1. The molecule has 0 atom stereocenters. The van der Waals surface area contributed by atoms with Gasteiger partial charge >= 0.3 is 6.03 Å². The van der Waals surface area contributed by atoms with Crippen LogP contribution in [0.4, 0.5) is 4.79 Å². The summed E-state index contributed by atoms with van der Waals surface area (Å²) >= 11 is 0. The zero-order chi connectivity index (χ0) is 13.0. The number of nitriles is 1. The second kappa shape index (κ2) is 5.19. The van der Waals surface area contributed by atoms with Crippen molar-refractivity contribution in [1.29, 1.82) is 5.26 Å². The van der Waals surface area contributed by atoms with E-state index in [1.807, 2.05) is 6.07 Å². The molecule has 18 heavy (non-hydrogen) atoms. The van der Waals surface area contributed by atoms with E-state index in [1.54, 1.807) is 24.3 Å². The van der Waals surface area contributed by atoms with E-state index in [4.69, 9.17) is 10.00 Å². The Balaban J connectivity index is 1.97. The third kappa shape index (κ3) is 2.40. The second-order valence-electron chi connectivity index (χ2n) is 3.67. The summed E-state index contributed by atoms with van der Waals surface area (Å²) in [6.45, 7) is 0.548. The number of hydrogen-bond acceptors (Lipinski definition) is 4. The number of para-hydroxylation sites is 1. The molecule has 1 aromatic rings. The molecule has 0 aliphatic carbocycles. The van der Waals surface area contributed by atoms with Crippen LogP contribution in [-0.2, 0) is 4.79 Å². The van der Waals surface area contributed by atoms with Gasteiger partial charge in [0.15, 0.2) is 6.61 Å². The van der Waals surface area contributed by atoms with Crippen LogP contribution in [0.15, 0.2) is 24.3 Å². The van der Waals surface area contributed by atoms with Crippen LogP contribution < -0.4 is 10.1 Å². The van der Waals surface area contributed by atoms with Crippen molar-refractivity contribution < 1.29 is 14.3 Å². The molecular formula is C12H11N3O3. The topological polar surface area (TPSA) is 82.4 Å². The average molecular weight is 245 g/mol. The van der Waals surface area contributed by atoms with Crippen LogP contribution >= 0.6 is 0 Å². The van der Waals surface area contributed by atoms with Crippen molar-refractivity contribution in [3.8, 4) is 11.8 Å². The van der Waals surface area contributed by atoms with Gasteiger partial charge in [0.05, 0.1) is 5.56 Å². The molecule has 3 amide bonds. The van der Waals surface area contributed by atoms with E-state index in [1.165, 1.54) is 0 Å². The fourth-order valence-corrected chi connectivity index (χ4v) is 1.61. The number of imide groups is 1. The molecule has 0 radical (unpaired) electrons. The summed E-state index contributed by atoms with van der Waals surface area (Å²) < 4.78 is 5.26. The summed E-state index contributed by atoms with van der Waals surface area (Å²) in [5.41, 5.74) is 0.358. The summed E-state index contributed by atoms with van der Waals surface area (Å²) in [7, 11) is 0. The molecule has 1 fully saturated rings. The molecule has 1 heterocycles. The molecule has 0 saturated carbocycles. The molecule has 6 heteroatoms. The molecule has 1 aliphatic rings. The van der Waals surface area contributed by atoms with E-state index in [0.29, 0.717) is 24.4 Å². The predicted octanol–water partition coefficient (Wildman–Crippen LogP) is 0.489. The van der Waals surface area contributed by atoms with Gasteiger partial charge in [-0.3, -0.25) is 9.69 Å². The van der Waals surface area contributed by atoms with E-state index in [0.717, 1.165) is 4.90 Å². The quantitative estimate of drug-likeness (QED) is 0.840. The monoisotopic (exact) mass is 245 g/mol. The third-order valence-corrected chi connectivity index (χ3v) is 2.52. The van der Waals surface area contributed by atoms with Crippen molar-refractivity contribution in [2.24, 2.45) is 0 Å². The third-order valence-electron chi connectivity index (χ3n) is 2.52. The number of ether oxygens (including phenoxy) is 1. The first-order chi connectivity index (χ1) is 8.72. The van der Waals surface area contributed by atoms with Gasteiger partial charge in [0.25, 0.3) is 5.91 Å². The van der Waals surface area contributed by atoms with Crippen LogP contribution in [0.2, 0.25) is 0 Å². The van der Waals surface area contributed by atoms with Gasteiger partial charge in [-0.15, -0.1) is 0 Å². The molecule has 0 unspecified atom stereocenters. The Hall–Kier alpha value is -2.55. The molecule has 6 nitrogen and oxygen atoms in total. The number of benzene rings is 1. The second-order valence-corrected chi connectivity index (χ2v) is 3.67. The molecule has 0 bridgehead atoms. The van der Waals surface area contributed by atoms with Gasteiger partial charge in [-0.25, -0.2) is 4.79 Å². The highest BCUT2D eigenvalue weighted by Gasteiger charge is 2.26. The highest BCUT2D eigenvalue weighted by Crippen LogP contribution is 2.16. The number of nitrogens with one attached hydrogen (secondary N) is 1. The minimum absolute atomic E-state index is 0.258. The minimum atomic E-state index is -0.419. The zero-order valence-corrected chi connectivity index (χ0v) is 9.55. The van der Waals surface area contributed by atoms with E-state index in [-0.39, 0.29) is 6.61 Å². The maximum Gasteiger partial charge on any atom is 0.324 e. The van der Waals surface area contributed by atoms with Crippen molar-refractivity contribution >= 4 is 11.9 Å². The van der Waals surface area contributed by atoms with Gasteiger partial charge in [0.2, 0.25) is 0 Å². The molecule has 0 aromatic heterocycles. The maximum absolute atomic E-state index is 11.7. The highest BCUT2D eigenvalue weighted by atomic mass is 16.5. The minimum Gasteiger partial charge on any atom is -0.482 e. The van der Waals surface area contributed by atoms with Crippen LogP contribution in [0.25, 0.3) is 0 Å². The lowest BCUT2D eigenvalue weighted by molar-refractivity contribution is -0.129. The van der Waals surface area contributed by atoms with Crippen LogP contribution in [0.1, 0.15) is 5.56 Å². The van der Waals surface area contributed by atoms with Crippen molar-refractivity contribution in [2.45, 2.75) is 0 Å². The molecule has 1 aromatic carbocycles. The summed E-state index contributed by atoms with van der Waals surface area (Å²) in [6.07, 6.45) is 0. The lowest BCUT2D eigenvalue weighted by Crippen LogP contribution is -2.37. The Labute approximate surface area is 104 Å². The number of carbonyl (C=O) groups is 2. The summed E-state index contributed by atoms with van der Waals surface area (Å²) in [4.78, 5) is 24.0. The Morgan fingerprint density at radius 2 is 2.28 bits per heavy atom. The lowest BCUT2D eigenvalue weighted by Gasteiger charge is -2.13. The standard InChI is InChI=1S/C12H11N3O3/c13-7-9-3-1-2-4-10(9)18-8-11(16)15-6-5-14-12(15)17/h1-4H,5-6,8H2,(H,14,17). The van der Waals surface area contributed by atoms with Crippen LogP contribution in [-0.4, -0.2) is 36.5 Å². The highest BCUT2D eigenvalue weighted by molar-refractivity contribution is 5.96. The first-order valence-corrected chi connectivity index (χ1v) is 5.42. The van der Waals surface area contributed by atoms with Crippen molar-refractivity contribution in [1.82, 2.24) is 10.2 Å². The predicted molar refractivity (Wildman–Crippen MR) is 61.8 cm³/mol. The number of nitrogens with zero attached hydrogens (tertiary/aromatic N) is 2. The lowest BCUT2D eigenvalue weighted by atomic mass is 10.2. The summed E-state index contributed by atoms with van der Waals surface area (Å²) in [6, 6.07) is 8.19. The van der Waals surface area contributed by atoms with Gasteiger partial charge < -0.3 is 10.1 Å². The van der Waals surface area contributed by atoms with Gasteiger partial charge in [-0.1, -0.05) is 12.1 Å². The fraction of sp³-hybridized carbons (Fsp3) is 0.250. The van der Waals surface area contributed by atoms with Crippen molar-refractivity contribution in [3.63, 3.8) is 0 Å². The Kier molecular flexibility index (Phi) is 3.44. The zero-order valence-electron chi connectivity index (χ0n) is 9.55. The Bertz CT molecular complexity index is 522.